The molecule has 1 aliphatic carbocycles. The summed E-state index contributed by atoms with van der Waals surface area (Å²) in [4.78, 5) is 8.02. The van der Waals surface area contributed by atoms with Gasteiger partial charge in [-0.15, -0.1) is 35.3 Å². The third kappa shape index (κ3) is 6.04. The van der Waals surface area contributed by atoms with E-state index in [1.165, 1.54) is 37.0 Å². The Morgan fingerprint density at radius 1 is 1.26 bits per heavy atom. The summed E-state index contributed by atoms with van der Waals surface area (Å²) in [5.41, 5.74) is 0. The summed E-state index contributed by atoms with van der Waals surface area (Å²) >= 11 is 1.29. The van der Waals surface area contributed by atoms with Gasteiger partial charge in [-0.1, -0.05) is 12.8 Å². The van der Waals surface area contributed by atoms with Crippen LogP contribution in [0.5, 0.6) is 0 Å². The molecule has 2 aliphatic rings. The zero-order valence-electron chi connectivity index (χ0n) is 16.1. The second-order valence-corrected chi connectivity index (χ2v) is 10.5. The van der Waals surface area contributed by atoms with Gasteiger partial charge >= 0.3 is 0 Å². The van der Waals surface area contributed by atoms with Gasteiger partial charge in [0.15, 0.2) is 5.96 Å². The first-order chi connectivity index (χ1) is 12.5. The molecule has 9 heteroatoms. The van der Waals surface area contributed by atoms with Gasteiger partial charge in [0.25, 0.3) is 0 Å². The lowest BCUT2D eigenvalue weighted by Gasteiger charge is -2.22. The average molecular weight is 527 g/mol. The van der Waals surface area contributed by atoms with E-state index >= 15 is 0 Å². The molecule has 2 atom stereocenters. The second kappa shape index (κ2) is 10.4. The molecule has 154 valence electrons. The van der Waals surface area contributed by atoms with Crippen LogP contribution in [0.4, 0.5) is 0 Å². The van der Waals surface area contributed by atoms with Crippen molar-refractivity contribution < 1.29 is 8.42 Å². The van der Waals surface area contributed by atoms with Crippen LogP contribution in [0, 0.1) is 18.8 Å². The molecule has 6 nitrogen and oxygen atoms in total. The largest absolute Gasteiger partial charge is 0.357 e. The number of rotatable bonds is 6. The van der Waals surface area contributed by atoms with Gasteiger partial charge in [0.2, 0.25) is 10.0 Å². The topological polar surface area (TPSA) is 73.8 Å². The maximum atomic E-state index is 12.3. The van der Waals surface area contributed by atoms with E-state index in [2.05, 4.69) is 26.9 Å². The molecule has 0 bridgehead atoms. The molecule has 1 saturated carbocycles. The molecule has 1 aromatic heterocycles. The zero-order chi connectivity index (χ0) is 18.6. The Kier molecular flexibility index (Phi) is 8.82. The van der Waals surface area contributed by atoms with Gasteiger partial charge in [-0.2, -0.15) is 0 Å². The van der Waals surface area contributed by atoms with E-state index in [-0.39, 0.29) is 24.0 Å². The van der Waals surface area contributed by atoms with Gasteiger partial charge in [0.1, 0.15) is 4.21 Å². The van der Waals surface area contributed by atoms with Gasteiger partial charge in [0, 0.05) is 31.1 Å². The molecule has 2 unspecified atom stereocenters. The first-order valence-corrected chi connectivity index (χ1v) is 11.9. The summed E-state index contributed by atoms with van der Waals surface area (Å²) in [5, 5.41) is 3.37. The number of halogens is 1. The van der Waals surface area contributed by atoms with Crippen LogP contribution in [-0.2, 0) is 10.0 Å². The second-order valence-electron chi connectivity index (χ2n) is 7.21. The number of aliphatic imine (C=N–C) groups is 1. The minimum absolute atomic E-state index is 0. The quantitative estimate of drug-likeness (QED) is 0.259. The lowest BCUT2D eigenvalue weighted by molar-refractivity contribution is 0.299. The zero-order valence-corrected chi connectivity index (χ0v) is 20.1. The molecule has 2 heterocycles. The van der Waals surface area contributed by atoms with Crippen LogP contribution in [-0.4, -0.2) is 52.0 Å². The number of nitrogens with zero attached hydrogens (tertiary/aromatic N) is 2. The molecule has 0 spiro atoms. The maximum absolute atomic E-state index is 12.3. The Labute approximate surface area is 184 Å². The minimum atomic E-state index is -3.42. The first kappa shape index (κ1) is 22.9. The van der Waals surface area contributed by atoms with Crippen LogP contribution in [0.15, 0.2) is 21.3 Å². The highest BCUT2D eigenvalue weighted by Crippen LogP contribution is 2.35. The Bertz CT molecular complexity index is 721. The Morgan fingerprint density at radius 3 is 2.48 bits per heavy atom. The summed E-state index contributed by atoms with van der Waals surface area (Å²) in [5.74, 6) is 2.52. The van der Waals surface area contributed by atoms with Crippen molar-refractivity contribution in [3.63, 3.8) is 0 Å². The summed E-state index contributed by atoms with van der Waals surface area (Å²) in [6, 6.07) is 3.48. The number of likely N-dealkylation sites (tertiary alicyclic amines) is 1. The van der Waals surface area contributed by atoms with Crippen LogP contribution >= 0.6 is 35.3 Å². The van der Waals surface area contributed by atoms with Crippen molar-refractivity contribution in [1.29, 1.82) is 0 Å². The van der Waals surface area contributed by atoms with Gasteiger partial charge in [0.05, 0.1) is 6.54 Å². The van der Waals surface area contributed by atoms with Crippen molar-refractivity contribution in [1.82, 2.24) is 14.9 Å². The van der Waals surface area contributed by atoms with Gasteiger partial charge in [-0.3, -0.25) is 4.99 Å². The van der Waals surface area contributed by atoms with Crippen LogP contribution < -0.4 is 10.0 Å². The fourth-order valence-electron chi connectivity index (χ4n) is 3.97. The highest BCUT2D eigenvalue weighted by Gasteiger charge is 2.35. The van der Waals surface area contributed by atoms with Crippen molar-refractivity contribution in [2.45, 2.75) is 43.7 Å². The molecule has 3 rings (SSSR count). The number of guanidine groups is 1. The normalized spacial score (nSPS) is 23.0. The van der Waals surface area contributed by atoms with E-state index in [4.69, 9.17) is 0 Å². The highest BCUT2D eigenvalue weighted by atomic mass is 127. The van der Waals surface area contributed by atoms with E-state index < -0.39 is 10.0 Å². The summed E-state index contributed by atoms with van der Waals surface area (Å²) < 4.78 is 27.6. The number of aryl methyl sites for hydroxylation is 1. The van der Waals surface area contributed by atoms with Crippen molar-refractivity contribution in [3.8, 4) is 0 Å². The fraction of sp³-hybridized carbons (Fsp3) is 0.722. The number of nitrogens with one attached hydrogen (secondary N) is 2. The fourth-order valence-corrected chi connectivity index (χ4v) is 6.32. The van der Waals surface area contributed by atoms with E-state index in [1.54, 1.807) is 6.07 Å². The molecule has 0 amide bonds. The molecule has 1 saturated heterocycles. The third-order valence-electron chi connectivity index (χ3n) is 5.26. The standard InChI is InChI=1S/C18H30N4O2S2.HI/c1-3-19-18(22-12-15-6-4-5-7-16(15)13-22)20-10-11-21-26(23,24)17-9-8-14(2)25-17;/h8-9,15-16,21H,3-7,10-13H2,1-2H3,(H,19,20);1H. The Balaban J connectivity index is 0.00000261. The van der Waals surface area contributed by atoms with Crippen molar-refractivity contribution >= 4 is 51.3 Å². The lowest BCUT2D eigenvalue weighted by atomic mass is 9.82. The van der Waals surface area contributed by atoms with E-state index in [0.29, 0.717) is 17.3 Å². The van der Waals surface area contributed by atoms with E-state index in [1.807, 2.05) is 13.0 Å². The molecule has 27 heavy (non-hydrogen) atoms. The van der Waals surface area contributed by atoms with E-state index in [9.17, 15) is 8.42 Å². The minimum Gasteiger partial charge on any atom is -0.357 e. The van der Waals surface area contributed by atoms with Gasteiger partial charge < -0.3 is 10.2 Å². The molecule has 0 aromatic carbocycles. The molecular weight excluding hydrogens is 495 g/mol. The number of sulfonamides is 1. The molecular formula is C18H31IN4O2S2. The molecule has 0 radical (unpaired) electrons. The number of hydrogen-bond acceptors (Lipinski definition) is 4. The molecule has 1 aromatic rings. The first-order valence-electron chi connectivity index (χ1n) is 9.59. The van der Waals surface area contributed by atoms with Crippen LogP contribution in [0.1, 0.15) is 37.5 Å². The average Bonchev–Trinajstić information content (AvgIpc) is 3.24. The van der Waals surface area contributed by atoms with Crippen LogP contribution in [0.3, 0.4) is 0 Å². The molecule has 2 fully saturated rings. The predicted octanol–water partition coefficient (Wildman–Crippen LogP) is 3.04. The monoisotopic (exact) mass is 526 g/mol. The van der Waals surface area contributed by atoms with Crippen molar-refractivity contribution in [2.24, 2.45) is 16.8 Å². The van der Waals surface area contributed by atoms with Crippen LogP contribution in [0.25, 0.3) is 0 Å². The predicted molar refractivity (Wildman–Crippen MR) is 123 cm³/mol. The number of fused-ring (bicyclic) bond motifs is 1. The number of thiophene rings is 1. The number of hydrogen-bond donors (Lipinski definition) is 2. The van der Waals surface area contributed by atoms with Gasteiger partial charge in [-0.25, -0.2) is 13.1 Å². The Hall–Kier alpha value is -0.390. The SMILES string of the molecule is CCNC(=NCCNS(=O)(=O)c1ccc(C)s1)N1CC2CCCCC2C1.I. The van der Waals surface area contributed by atoms with Crippen molar-refractivity contribution in [3.05, 3.63) is 17.0 Å². The summed E-state index contributed by atoms with van der Waals surface area (Å²) in [7, 11) is -3.42. The lowest BCUT2D eigenvalue weighted by Crippen LogP contribution is -2.40. The summed E-state index contributed by atoms with van der Waals surface area (Å²) in [6.07, 6.45) is 5.38. The van der Waals surface area contributed by atoms with Gasteiger partial charge in [-0.05, 0) is 50.7 Å². The smallest absolute Gasteiger partial charge is 0.250 e. The molecule has 1 aliphatic heterocycles. The van der Waals surface area contributed by atoms with Crippen LogP contribution in [0.2, 0.25) is 0 Å². The maximum Gasteiger partial charge on any atom is 0.250 e. The molecule has 2 N–H and O–H groups in total. The Morgan fingerprint density at radius 2 is 1.93 bits per heavy atom. The van der Waals surface area contributed by atoms with E-state index in [0.717, 1.165) is 42.3 Å². The summed E-state index contributed by atoms with van der Waals surface area (Å²) in [6.45, 7) is 7.72. The third-order valence-corrected chi connectivity index (χ3v) is 8.21. The highest BCUT2D eigenvalue weighted by molar-refractivity contribution is 14.0. The van der Waals surface area contributed by atoms with Crippen molar-refractivity contribution in [2.75, 3.05) is 32.7 Å².